The van der Waals surface area contributed by atoms with E-state index in [-0.39, 0.29) is 180 Å². The molecule has 7 heterocycles. The first-order valence-electron chi connectivity index (χ1n) is 21.0. The number of aromatic nitrogens is 10. The molecule has 25 heteroatoms. The molecule has 0 aliphatic carbocycles. The van der Waals surface area contributed by atoms with Gasteiger partial charge in [-0.3, -0.25) is 23.9 Å². The minimum absolute atomic E-state index is 0. The summed E-state index contributed by atoms with van der Waals surface area (Å²) in [5.74, 6) is 0.497. The van der Waals surface area contributed by atoms with Crippen LogP contribution in [0.15, 0.2) is 64.4 Å². The number of benzene rings is 2. The van der Waals surface area contributed by atoms with Crippen molar-refractivity contribution in [3.05, 3.63) is 81.6 Å². The van der Waals surface area contributed by atoms with Gasteiger partial charge in [0.05, 0.1) is 63.0 Å². The molecule has 1 fully saturated rings. The van der Waals surface area contributed by atoms with Crippen molar-refractivity contribution in [2.75, 3.05) is 10.6 Å². The van der Waals surface area contributed by atoms with E-state index in [0.29, 0.717) is 73.3 Å². The monoisotopic (exact) mass is 1670 g/mol. The van der Waals surface area contributed by atoms with Crippen molar-refractivity contribution in [1.29, 1.82) is 1.34 Å². The Bertz CT molecular complexity index is 3050. The number of rotatable bonds is 8. The van der Waals surface area contributed by atoms with Gasteiger partial charge in [-0.15, -0.1) is 12.1 Å². The Morgan fingerprint density at radius 1 is 0.700 bits per heavy atom. The number of aryl methyl sites for hydroxylation is 2. The Morgan fingerprint density at radius 3 is 1.50 bits per heavy atom. The second-order valence-corrected chi connectivity index (χ2v) is 16.8. The van der Waals surface area contributed by atoms with Crippen LogP contribution in [0.2, 0.25) is 0 Å². The van der Waals surface area contributed by atoms with Gasteiger partial charge in [0.1, 0.15) is 33.8 Å². The standard InChI is InChI=1S/C18H19BN6O.C18H18BN6O.C6H13BO2.3CH4.2H2S.4W/c2*1-9(2)16(19)23-15-13(17-20-10-6-4-5-7-11(10)21-17)18(26)22-12-8-25(3)24-14(12)15;1-5(2)6(3,4)9-7-8-5;;;;;;;;;/h4-9,16,23H,1-3H3,(H,20,21)(H,22,26);4,6-9,16,23H,1-3H3,(H,20,21)(H,22,26);7H,1-4H3;3*1H4;2*1H2;;;;/q;-1;;;;;;;;;;/i4D;;7D;;;;;;;;;. The fourth-order valence-electron chi connectivity index (χ4n) is 6.34. The van der Waals surface area contributed by atoms with Gasteiger partial charge in [0.15, 0.2) is 0 Å². The third-order valence-electron chi connectivity index (χ3n) is 10.9. The summed E-state index contributed by atoms with van der Waals surface area (Å²) in [5, 5.41) is 15.5. The molecule has 0 amide bonds. The van der Waals surface area contributed by atoms with Crippen molar-refractivity contribution < 1.29 is 94.9 Å². The van der Waals surface area contributed by atoms with Gasteiger partial charge in [0.2, 0.25) is 0 Å². The summed E-state index contributed by atoms with van der Waals surface area (Å²) in [6.07, 6.45) is 3.51. The van der Waals surface area contributed by atoms with E-state index in [1.165, 1.54) is 0 Å². The minimum Gasteiger partial charge on any atom is -0.406 e. The zero-order valence-corrected chi connectivity index (χ0v) is 52.3. The fourth-order valence-corrected chi connectivity index (χ4v) is 6.34. The zero-order chi connectivity index (χ0) is 45.7. The van der Waals surface area contributed by atoms with E-state index in [1.807, 2.05) is 61.5 Å². The SMILES string of the molecule is C.C.C.S.S.[2H]B1OC(C)(C)C(C)(C)O1.[2H]c1ccc2nc(-c3c(NC([B])C(C)C)c4nn(C)cc4[nH]c3=O)[nH]c2c1.[B]C(Nc1c(-c2nc3c[c-]ccc3[nH]2)c(=O)[nH]c2cn(C)nc12)C(C)C.[W].[W].[W].[W]. The molecule has 6 aromatic heterocycles. The van der Waals surface area contributed by atoms with Crippen LogP contribution in [0.25, 0.3) is 66.9 Å². The van der Waals surface area contributed by atoms with Gasteiger partial charge in [-0.2, -0.15) is 49.3 Å². The van der Waals surface area contributed by atoms with Gasteiger partial charge in [-0.05, 0) is 74.6 Å². The number of para-hydroxylation sites is 2. The van der Waals surface area contributed by atoms with Crippen LogP contribution in [0.3, 0.4) is 0 Å². The molecular weight excluding hydrogens is 1600 g/mol. The number of fused-ring (bicyclic) bond motifs is 4. The molecule has 8 aromatic rings. The van der Waals surface area contributed by atoms with Crippen LogP contribution in [-0.2, 0) is 108 Å². The van der Waals surface area contributed by atoms with Gasteiger partial charge in [-0.25, -0.2) is 4.98 Å². The first-order chi connectivity index (χ1) is 29.6. The average molecular weight is 1670 g/mol. The topological polar surface area (TPSA) is 201 Å². The molecule has 4 radical (unpaired) electrons. The maximum atomic E-state index is 12.9. The molecule has 2 aromatic carbocycles. The van der Waals surface area contributed by atoms with Crippen LogP contribution in [0.5, 0.6) is 0 Å². The normalized spacial score (nSPS) is 14.0. The Morgan fingerprint density at radius 2 is 1.11 bits per heavy atom. The largest absolute Gasteiger partial charge is 0.439 e. The molecule has 1 aliphatic heterocycles. The Kier molecular flexibility index (Phi) is 28.2. The van der Waals surface area contributed by atoms with Gasteiger partial charge >= 0.3 is 7.65 Å². The molecule has 0 saturated carbocycles. The molecule has 16 nitrogen and oxygen atoms in total. The molecule has 0 bridgehead atoms. The van der Waals surface area contributed by atoms with Gasteiger partial charge in [-0.1, -0.05) is 62.1 Å². The number of imidazole rings is 2. The number of nitrogens with zero attached hydrogens (tertiary/aromatic N) is 6. The van der Waals surface area contributed by atoms with Crippen molar-refractivity contribution in [3.8, 4) is 22.8 Å². The average Bonchev–Trinajstić information content (AvgIpc) is 4.00. The number of nitrogens with one attached hydrogen (secondary N) is 6. The molecule has 1 aliphatic rings. The Hall–Kier alpha value is -2.61. The van der Waals surface area contributed by atoms with Crippen LogP contribution < -0.4 is 21.8 Å². The Labute approximate surface area is 489 Å². The summed E-state index contributed by atoms with van der Waals surface area (Å²) in [6.45, 7) is 15.7. The summed E-state index contributed by atoms with van der Waals surface area (Å²) in [4.78, 5) is 46.9. The second-order valence-electron chi connectivity index (χ2n) is 16.8. The fraction of sp³-hybridized carbons (Fsp3) is 0.422. The van der Waals surface area contributed by atoms with Crippen molar-refractivity contribution >= 4 is 106 Å². The summed E-state index contributed by atoms with van der Waals surface area (Å²) in [6, 6.07) is 13.9. The van der Waals surface area contributed by atoms with Crippen molar-refractivity contribution in [2.24, 2.45) is 25.9 Å². The van der Waals surface area contributed by atoms with Crippen LogP contribution in [-0.4, -0.2) is 97.2 Å². The quantitative estimate of drug-likeness (QED) is 0.0653. The van der Waals surface area contributed by atoms with E-state index in [1.54, 1.807) is 66.2 Å². The van der Waals surface area contributed by atoms with Crippen LogP contribution in [0, 0.1) is 17.9 Å². The van der Waals surface area contributed by atoms with Crippen molar-refractivity contribution in [2.45, 2.75) is 101 Å². The number of H-pyrrole nitrogens is 4. The number of hydrogen-bond donors (Lipinski definition) is 6. The van der Waals surface area contributed by atoms with Crippen LogP contribution in [0.4, 0.5) is 11.4 Å². The smallest absolute Gasteiger partial charge is 0.406 e. The Balaban J connectivity index is -0.00000101. The van der Waals surface area contributed by atoms with E-state index in [4.69, 9.17) is 27.7 Å². The minimum atomic E-state index is -0.815. The summed E-state index contributed by atoms with van der Waals surface area (Å²) >= 11 is 0. The van der Waals surface area contributed by atoms with Crippen LogP contribution >= 0.6 is 27.0 Å². The number of anilines is 2. The zero-order valence-electron chi connectivity index (χ0n) is 40.6. The van der Waals surface area contributed by atoms with Crippen LogP contribution in [0.1, 0.15) is 79.0 Å². The third-order valence-corrected chi connectivity index (χ3v) is 10.9. The molecule has 1 saturated heterocycles. The van der Waals surface area contributed by atoms with Gasteiger partial charge < -0.3 is 39.9 Å². The van der Waals surface area contributed by atoms with Gasteiger partial charge in [0, 0.05) is 111 Å². The second kappa shape index (κ2) is 29.3. The third kappa shape index (κ3) is 15.5. The number of hydrogen-bond acceptors (Lipinski definition) is 10. The summed E-state index contributed by atoms with van der Waals surface area (Å²) in [5.41, 5.74) is 6.08. The molecule has 0 spiro atoms. The molecular formula is C45H66B3N12O4S2W4-. The van der Waals surface area contributed by atoms with Gasteiger partial charge in [0.25, 0.3) is 11.1 Å². The maximum absolute atomic E-state index is 12.9. The first-order valence-corrected chi connectivity index (χ1v) is 20.0. The van der Waals surface area contributed by atoms with E-state index in [9.17, 15) is 9.59 Å². The van der Waals surface area contributed by atoms with E-state index in [0.717, 1.165) is 11.0 Å². The molecule has 9 rings (SSSR count). The molecule has 6 N–H and O–H groups in total. The number of aromatic amines is 4. The van der Waals surface area contributed by atoms with E-state index >= 15 is 0 Å². The molecule has 2 atom stereocenters. The molecule has 70 heavy (non-hydrogen) atoms. The maximum Gasteiger partial charge on any atom is 0.439 e. The number of pyridine rings is 2. The predicted octanol–water partition coefficient (Wildman–Crippen LogP) is 7.52. The molecule has 376 valence electrons. The predicted molar refractivity (Wildman–Crippen MR) is 286 cm³/mol. The molecule has 2 unspecified atom stereocenters. The summed E-state index contributed by atoms with van der Waals surface area (Å²) in [7, 11) is 15.2. The van der Waals surface area contributed by atoms with E-state index in [2.05, 4.69) is 56.8 Å². The van der Waals surface area contributed by atoms with Crippen molar-refractivity contribution in [3.63, 3.8) is 0 Å². The summed E-state index contributed by atoms with van der Waals surface area (Å²) < 4.78 is 28.7. The first kappa shape index (κ1) is 67.4. The van der Waals surface area contributed by atoms with E-state index < -0.39 is 7.65 Å². The van der Waals surface area contributed by atoms with Crippen molar-refractivity contribution in [1.82, 2.24) is 49.5 Å².